The molecule has 0 heterocycles. The van der Waals surface area contributed by atoms with Crippen molar-refractivity contribution in [2.45, 2.75) is 51.8 Å². The summed E-state index contributed by atoms with van der Waals surface area (Å²) in [5.41, 5.74) is 6.93. The van der Waals surface area contributed by atoms with Gasteiger partial charge in [-0.1, -0.05) is 50.6 Å². The van der Waals surface area contributed by atoms with Crippen molar-refractivity contribution in [2.24, 2.45) is 11.7 Å². The molecule has 0 aliphatic heterocycles. The molecule has 0 saturated carbocycles. The third kappa shape index (κ3) is 6.46. The van der Waals surface area contributed by atoms with E-state index < -0.39 is 12.1 Å². The Hall–Kier alpha value is -1.10. The fraction of sp³-hybridized carbons (Fsp3) is 0.562. The van der Waals surface area contributed by atoms with Gasteiger partial charge in [-0.3, -0.25) is 4.79 Å². The van der Waals surface area contributed by atoms with Gasteiger partial charge >= 0.3 is 0 Å². The Labute approximate surface area is 133 Å². The largest absolute Gasteiger partial charge is 0.391 e. The van der Waals surface area contributed by atoms with Crippen LogP contribution in [-0.2, 0) is 11.2 Å². The fourth-order valence-corrected chi connectivity index (χ4v) is 1.96. The van der Waals surface area contributed by atoms with Crippen molar-refractivity contribution in [3.8, 4) is 0 Å². The second-order valence-electron chi connectivity index (χ2n) is 5.47. The molecular formula is C16H27ClN2O2. The second-order valence-corrected chi connectivity index (χ2v) is 5.47. The molecule has 120 valence electrons. The molecule has 5 heteroatoms. The Morgan fingerprint density at radius 1 is 1.29 bits per heavy atom. The number of hydrogen-bond donors (Lipinski definition) is 3. The molecule has 0 aliphatic rings. The number of halogens is 1. The van der Waals surface area contributed by atoms with E-state index in [1.165, 1.54) is 0 Å². The molecule has 4 nitrogen and oxygen atoms in total. The summed E-state index contributed by atoms with van der Waals surface area (Å²) in [7, 11) is 0. The number of nitrogens with two attached hydrogens (primary N) is 1. The minimum Gasteiger partial charge on any atom is -0.391 e. The predicted molar refractivity (Wildman–Crippen MR) is 88.4 cm³/mol. The number of carbonyl (C=O) groups excluding carboxylic acids is 1. The molecule has 4 N–H and O–H groups in total. The fourth-order valence-electron chi connectivity index (χ4n) is 1.96. The van der Waals surface area contributed by atoms with E-state index in [2.05, 4.69) is 5.32 Å². The normalized spacial score (nSPS) is 16.2. The number of nitrogens with one attached hydrogen (secondary N) is 1. The zero-order valence-corrected chi connectivity index (χ0v) is 13.8. The van der Waals surface area contributed by atoms with Crippen LogP contribution in [-0.4, -0.2) is 29.2 Å². The minimum absolute atomic E-state index is 0. The molecule has 4 unspecified atom stereocenters. The maximum absolute atomic E-state index is 12.0. The number of aliphatic hydroxyl groups excluding tert-OH is 1. The van der Waals surface area contributed by atoms with E-state index in [1.54, 1.807) is 6.92 Å². The molecule has 0 aromatic heterocycles. The van der Waals surface area contributed by atoms with Gasteiger partial charge in [0, 0.05) is 6.42 Å². The second kappa shape index (κ2) is 9.77. The first-order valence-electron chi connectivity index (χ1n) is 7.23. The number of hydrogen-bond acceptors (Lipinski definition) is 3. The van der Waals surface area contributed by atoms with Crippen LogP contribution in [0.1, 0.15) is 32.8 Å². The molecule has 0 fully saturated rings. The van der Waals surface area contributed by atoms with Crippen molar-refractivity contribution in [3.63, 3.8) is 0 Å². The summed E-state index contributed by atoms with van der Waals surface area (Å²) < 4.78 is 0. The Kier molecular flexibility index (Phi) is 9.26. The van der Waals surface area contributed by atoms with Gasteiger partial charge in [0.25, 0.3) is 0 Å². The number of amides is 1. The molecule has 0 aliphatic carbocycles. The highest BCUT2D eigenvalue weighted by molar-refractivity contribution is 5.85. The molecule has 1 aromatic carbocycles. The summed E-state index contributed by atoms with van der Waals surface area (Å²) in [6.07, 6.45) is 0.751. The quantitative estimate of drug-likeness (QED) is 0.719. The Balaban J connectivity index is 0.00000400. The smallest absolute Gasteiger partial charge is 0.237 e. The molecule has 0 radical (unpaired) electrons. The van der Waals surface area contributed by atoms with Crippen molar-refractivity contribution in [1.29, 1.82) is 0 Å². The van der Waals surface area contributed by atoms with E-state index in [4.69, 9.17) is 5.73 Å². The van der Waals surface area contributed by atoms with Crippen LogP contribution in [0.15, 0.2) is 30.3 Å². The molecular weight excluding hydrogens is 288 g/mol. The summed E-state index contributed by atoms with van der Waals surface area (Å²) in [6, 6.07) is 8.88. The van der Waals surface area contributed by atoms with Gasteiger partial charge in [-0.05, 0) is 18.4 Å². The SMILES string of the molecule is CCC(C)C(N)C(=O)NC(C)C(O)Cc1ccccc1.Cl. The van der Waals surface area contributed by atoms with E-state index in [9.17, 15) is 9.90 Å². The zero-order valence-electron chi connectivity index (χ0n) is 13.0. The number of carbonyl (C=O) groups is 1. The molecule has 21 heavy (non-hydrogen) atoms. The maximum atomic E-state index is 12.0. The van der Waals surface area contributed by atoms with Gasteiger partial charge in [0.2, 0.25) is 5.91 Å². The van der Waals surface area contributed by atoms with Gasteiger partial charge < -0.3 is 16.2 Å². The lowest BCUT2D eigenvalue weighted by atomic mass is 9.98. The molecule has 1 amide bonds. The van der Waals surface area contributed by atoms with E-state index in [0.29, 0.717) is 6.42 Å². The predicted octanol–water partition coefficient (Wildman–Crippen LogP) is 1.89. The maximum Gasteiger partial charge on any atom is 0.237 e. The van der Waals surface area contributed by atoms with Crippen LogP contribution in [0.3, 0.4) is 0 Å². The van der Waals surface area contributed by atoms with Gasteiger partial charge in [-0.2, -0.15) is 0 Å². The average Bonchev–Trinajstić information content (AvgIpc) is 2.46. The summed E-state index contributed by atoms with van der Waals surface area (Å²) in [4.78, 5) is 12.0. The van der Waals surface area contributed by atoms with E-state index in [0.717, 1.165) is 12.0 Å². The van der Waals surface area contributed by atoms with Crippen molar-refractivity contribution in [3.05, 3.63) is 35.9 Å². The van der Waals surface area contributed by atoms with Crippen LogP contribution < -0.4 is 11.1 Å². The van der Waals surface area contributed by atoms with Crippen LogP contribution >= 0.6 is 12.4 Å². The average molecular weight is 315 g/mol. The van der Waals surface area contributed by atoms with Crippen LogP contribution in [0.2, 0.25) is 0 Å². The van der Waals surface area contributed by atoms with Gasteiger partial charge in [0.15, 0.2) is 0 Å². The van der Waals surface area contributed by atoms with Crippen molar-refractivity contribution >= 4 is 18.3 Å². The Morgan fingerprint density at radius 3 is 2.38 bits per heavy atom. The monoisotopic (exact) mass is 314 g/mol. The first-order chi connectivity index (χ1) is 9.45. The van der Waals surface area contributed by atoms with Gasteiger partial charge in [-0.15, -0.1) is 12.4 Å². The van der Waals surface area contributed by atoms with Crippen LogP contribution in [0.5, 0.6) is 0 Å². The molecule has 4 atom stereocenters. The summed E-state index contributed by atoms with van der Waals surface area (Å²) >= 11 is 0. The van der Waals surface area contributed by atoms with Crippen molar-refractivity contribution in [1.82, 2.24) is 5.32 Å². The summed E-state index contributed by atoms with van der Waals surface area (Å²) in [6.45, 7) is 5.76. The lowest BCUT2D eigenvalue weighted by Crippen LogP contribution is -2.51. The Bertz CT molecular complexity index is 414. The Morgan fingerprint density at radius 2 is 1.86 bits per heavy atom. The van der Waals surface area contributed by atoms with Crippen LogP contribution in [0.4, 0.5) is 0 Å². The third-order valence-corrected chi connectivity index (χ3v) is 3.79. The standard InChI is InChI=1S/C16H26N2O2.ClH/c1-4-11(2)15(17)16(20)18-12(3)14(19)10-13-8-6-5-7-9-13;/h5-9,11-12,14-15,19H,4,10,17H2,1-3H3,(H,18,20);1H. The summed E-state index contributed by atoms with van der Waals surface area (Å²) in [5, 5.41) is 12.9. The number of aliphatic hydroxyl groups is 1. The topological polar surface area (TPSA) is 75.4 Å². The number of rotatable bonds is 7. The highest BCUT2D eigenvalue weighted by Gasteiger charge is 2.23. The summed E-state index contributed by atoms with van der Waals surface area (Å²) in [5.74, 6) is -0.0626. The molecule has 1 aromatic rings. The molecule has 0 bridgehead atoms. The molecule has 0 spiro atoms. The highest BCUT2D eigenvalue weighted by atomic mass is 35.5. The van der Waals surface area contributed by atoms with Crippen molar-refractivity contribution in [2.75, 3.05) is 0 Å². The van der Waals surface area contributed by atoms with Crippen LogP contribution in [0.25, 0.3) is 0 Å². The van der Waals surface area contributed by atoms with Gasteiger partial charge in [0.1, 0.15) is 0 Å². The minimum atomic E-state index is -0.620. The van der Waals surface area contributed by atoms with Gasteiger partial charge in [0.05, 0.1) is 18.2 Å². The number of benzene rings is 1. The third-order valence-electron chi connectivity index (χ3n) is 3.79. The zero-order chi connectivity index (χ0) is 15.1. The lowest BCUT2D eigenvalue weighted by molar-refractivity contribution is -0.124. The van der Waals surface area contributed by atoms with Crippen LogP contribution in [0, 0.1) is 5.92 Å². The van der Waals surface area contributed by atoms with E-state index in [-0.39, 0.29) is 30.3 Å². The lowest BCUT2D eigenvalue weighted by Gasteiger charge is -2.24. The first-order valence-corrected chi connectivity index (χ1v) is 7.23. The first kappa shape index (κ1) is 19.9. The highest BCUT2D eigenvalue weighted by Crippen LogP contribution is 2.08. The van der Waals surface area contributed by atoms with Gasteiger partial charge in [-0.25, -0.2) is 0 Å². The molecule has 0 saturated heterocycles. The van der Waals surface area contributed by atoms with Crippen molar-refractivity contribution < 1.29 is 9.90 Å². The van der Waals surface area contributed by atoms with E-state index in [1.807, 2.05) is 44.2 Å². The molecule has 1 rings (SSSR count). The van der Waals surface area contributed by atoms with E-state index >= 15 is 0 Å².